The number of carbonyl (C=O) groups is 1. The van der Waals surface area contributed by atoms with Crippen molar-refractivity contribution in [2.24, 2.45) is 5.92 Å². The number of nitrogens with one attached hydrogen (secondary N) is 1. The van der Waals surface area contributed by atoms with Gasteiger partial charge in [-0.1, -0.05) is 13.8 Å². The van der Waals surface area contributed by atoms with Gasteiger partial charge in [0.1, 0.15) is 0 Å². The molecule has 4 heteroatoms. The van der Waals surface area contributed by atoms with Crippen LogP contribution in [0.25, 0.3) is 0 Å². The zero-order chi connectivity index (χ0) is 10.4. The Morgan fingerprint density at radius 1 is 1.38 bits per heavy atom. The van der Waals surface area contributed by atoms with Crippen molar-refractivity contribution in [3.8, 4) is 0 Å². The molecule has 0 fully saturated rings. The molecule has 2 atom stereocenters. The van der Waals surface area contributed by atoms with Gasteiger partial charge >= 0.3 is 0 Å². The molecule has 0 saturated heterocycles. The maximum atomic E-state index is 11.1. The highest BCUT2D eigenvalue weighted by Crippen LogP contribution is 2.01. The molecule has 0 aliphatic rings. The van der Waals surface area contributed by atoms with E-state index in [0.717, 1.165) is 0 Å². The third-order valence-corrected chi connectivity index (χ3v) is 1.83. The van der Waals surface area contributed by atoms with Crippen molar-refractivity contribution in [2.45, 2.75) is 39.3 Å². The fourth-order valence-corrected chi connectivity index (χ4v) is 0.957. The first-order chi connectivity index (χ1) is 5.97. The second-order valence-corrected chi connectivity index (χ2v) is 3.65. The number of aliphatic hydroxyl groups excluding tert-OH is 2. The summed E-state index contributed by atoms with van der Waals surface area (Å²) in [5.41, 5.74) is 0. The minimum Gasteiger partial charge on any atom is -0.394 e. The van der Waals surface area contributed by atoms with Gasteiger partial charge in [-0.15, -0.1) is 0 Å². The van der Waals surface area contributed by atoms with E-state index in [1.54, 1.807) is 6.92 Å². The normalized spacial score (nSPS) is 15.5. The topological polar surface area (TPSA) is 69.6 Å². The first-order valence-electron chi connectivity index (χ1n) is 4.55. The van der Waals surface area contributed by atoms with Crippen LogP contribution in [0.1, 0.15) is 27.2 Å². The number of hydrogen-bond donors (Lipinski definition) is 3. The molecule has 0 aliphatic heterocycles. The highest BCUT2D eigenvalue weighted by molar-refractivity contribution is 5.76. The van der Waals surface area contributed by atoms with Crippen molar-refractivity contribution < 1.29 is 15.0 Å². The minimum absolute atomic E-state index is 0.0663. The molecule has 4 nitrogen and oxygen atoms in total. The fourth-order valence-electron chi connectivity index (χ4n) is 0.957. The van der Waals surface area contributed by atoms with E-state index in [4.69, 9.17) is 10.2 Å². The van der Waals surface area contributed by atoms with Crippen molar-refractivity contribution in [1.29, 1.82) is 0 Å². The molecule has 13 heavy (non-hydrogen) atoms. The molecular formula is C9H19NO3. The third kappa shape index (κ3) is 5.60. The average Bonchev–Trinajstić information content (AvgIpc) is 1.98. The van der Waals surface area contributed by atoms with Gasteiger partial charge in [0.15, 0.2) is 0 Å². The number of amides is 1. The molecule has 1 amide bonds. The molecule has 0 unspecified atom stereocenters. The Balaban J connectivity index is 3.87. The average molecular weight is 189 g/mol. The van der Waals surface area contributed by atoms with E-state index in [9.17, 15) is 4.79 Å². The molecule has 0 aromatic carbocycles. The molecule has 0 rings (SSSR count). The standard InChI is InChI=1S/C9H19NO3/c1-6(2)8(5-11)10-9(13)4-7(3)12/h6-8,11-12H,4-5H2,1-3H3,(H,10,13)/t7-,8+/m1/s1. The molecule has 0 aromatic rings. The van der Waals surface area contributed by atoms with E-state index in [1.165, 1.54) is 0 Å². The van der Waals surface area contributed by atoms with Crippen LogP contribution in [0.4, 0.5) is 0 Å². The van der Waals surface area contributed by atoms with Gasteiger partial charge in [-0.25, -0.2) is 0 Å². The van der Waals surface area contributed by atoms with Crippen molar-refractivity contribution in [1.82, 2.24) is 5.32 Å². The molecule has 0 radical (unpaired) electrons. The van der Waals surface area contributed by atoms with Crippen molar-refractivity contribution >= 4 is 5.91 Å². The van der Waals surface area contributed by atoms with E-state index in [0.29, 0.717) is 0 Å². The van der Waals surface area contributed by atoms with E-state index in [2.05, 4.69) is 5.32 Å². The Hall–Kier alpha value is -0.610. The number of hydrogen-bond acceptors (Lipinski definition) is 3. The second-order valence-electron chi connectivity index (χ2n) is 3.65. The highest BCUT2D eigenvalue weighted by atomic mass is 16.3. The molecular weight excluding hydrogens is 170 g/mol. The summed E-state index contributed by atoms with van der Waals surface area (Å²) in [7, 11) is 0. The maximum absolute atomic E-state index is 11.1. The van der Waals surface area contributed by atoms with Crippen LogP contribution in [0, 0.1) is 5.92 Å². The molecule has 0 bridgehead atoms. The predicted molar refractivity (Wildman–Crippen MR) is 50.2 cm³/mol. The smallest absolute Gasteiger partial charge is 0.222 e. The lowest BCUT2D eigenvalue weighted by atomic mass is 10.1. The second kappa shape index (κ2) is 5.94. The molecule has 0 aromatic heterocycles. The van der Waals surface area contributed by atoms with Crippen molar-refractivity contribution in [3.63, 3.8) is 0 Å². The molecule has 0 aliphatic carbocycles. The first-order valence-corrected chi connectivity index (χ1v) is 4.55. The predicted octanol–water partition coefficient (Wildman–Crippen LogP) is -0.110. The SMILES string of the molecule is CC(C)[C@H](CO)NC(=O)C[C@@H](C)O. The minimum atomic E-state index is -0.633. The van der Waals surface area contributed by atoms with Crippen LogP contribution in [0.5, 0.6) is 0 Å². The van der Waals surface area contributed by atoms with Gasteiger partial charge in [0.25, 0.3) is 0 Å². The number of rotatable bonds is 5. The lowest BCUT2D eigenvalue weighted by Gasteiger charge is -2.20. The largest absolute Gasteiger partial charge is 0.394 e. The summed E-state index contributed by atoms with van der Waals surface area (Å²) in [6, 6.07) is -0.216. The summed E-state index contributed by atoms with van der Waals surface area (Å²) >= 11 is 0. The fraction of sp³-hybridized carbons (Fsp3) is 0.889. The molecule has 0 heterocycles. The van der Waals surface area contributed by atoms with Gasteiger partial charge in [-0.3, -0.25) is 4.79 Å². The quantitative estimate of drug-likeness (QED) is 0.565. The van der Waals surface area contributed by atoms with Crippen LogP contribution in [-0.2, 0) is 4.79 Å². The summed E-state index contributed by atoms with van der Waals surface area (Å²) in [6.07, 6.45) is -0.546. The Morgan fingerprint density at radius 3 is 2.23 bits per heavy atom. The Morgan fingerprint density at radius 2 is 1.92 bits per heavy atom. The summed E-state index contributed by atoms with van der Waals surface area (Å²) in [5, 5.41) is 20.5. The Labute approximate surface area is 79.0 Å². The lowest BCUT2D eigenvalue weighted by molar-refractivity contribution is -0.124. The van der Waals surface area contributed by atoms with Crippen LogP contribution in [-0.4, -0.2) is 34.9 Å². The van der Waals surface area contributed by atoms with E-state index < -0.39 is 6.10 Å². The molecule has 0 spiro atoms. The maximum Gasteiger partial charge on any atom is 0.222 e. The summed E-state index contributed by atoms with van der Waals surface area (Å²) < 4.78 is 0. The number of carbonyl (C=O) groups excluding carboxylic acids is 1. The van der Waals surface area contributed by atoms with Gasteiger partial charge in [0, 0.05) is 0 Å². The van der Waals surface area contributed by atoms with Crippen molar-refractivity contribution in [2.75, 3.05) is 6.61 Å². The van der Waals surface area contributed by atoms with E-state index in [-0.39, 0.29) is 30.9 Å². The first kappa shape index (κ1) is 12.4. The van der Waals surface area contributed by atoms with Crippen LogP contribution >= 0.6 is 0 Å². The van der Waals surface area contributed by atoms with E-state index >= 15 is 0 Å². The van der Waals surface area contributed by atoms with Gasteiger partial charge < -0.3 is 15.5 Å². The summed E-state index contributed by atoms with van der Waals surface area (Å²) in [5.74, 6) is -0.0225. The summed E-state index contributed by atoms with van der Waals surface area (Å²) in [4.78, 5) is 11.1. The highest BCUT2D eigenvalue weighted by Gasteiger charge is 2.15. The van der Waals surface area contributed by atoms with Crippen molar-refractivity contribution in [3.05, 3.63) is 0 Å². The summed E-state index contributed by atoms with van der Waals surface area (Å²) in [6.45, 7) is 5.33. The Kier molecular flexibility index (Phi) is 5.66. The van der Waals surface area contributed by atoms with Gasteiger partial charge in [-0.05, 0) is 12.8 Å². The van der Waals surface area contributed by atoms with Crippen LogP contribution in [0.2, 0.25) is 0 Å². The van der Waals surface area contributed by atoms with Gasteiger partial charge in [-0.2, -0.15) is 0 Å². The van der Waals surface area contributed by atoms with Crippen LogP contribution in [0.3, 0.4) is 0 Å². The molecule has 0 saturated carbocycles. The zero-order valence-corrected chi connectivity index (χ0v) is 8.45. The zero-order valence-electron chi connectivity index (χ0n) is 8.45. The molecule has 78 valence electrons. The monoisotopic (exact) mass is 189 g/mol. The number of aliphatic hydroxyl groups is 2. The third-order valence-electron chi connectivity index (χ3n) is 1.83. The van der Waals surface area contributed by atoms with Gasteiger partial charge in [0.05, 0.1) is 25.2 Å². The Bertz CT molecular complexity index is 157. The lowest BCUT2D eigenvalue weighted by Crippen LogP contribution is -2.41. The van der Waals surface area contributed by atoms with Crippen LogP contribution in [0.15, 0.2) is 0 Å². The van der Waals surface area contributed by atoms with Crippen LogP contribution < -0.4 is 5.32 Å². The van der Waals surface area contributed by atoms with Gasteiger partial charge in [0.2, 0.25) is 5.91 Å². The molecule has 3 N–H and O–H groups in total. The van der Waals surface area contributed by atoms with E-state index in [1.807, 2.05) is 13.8 Å².